The number of benzene rings is 2. The highest BCUT2D eigenvalue weighted by Gasteiger charge is 2.22. The van der Waals surface area contributed by atoms with E-state index in [1.807, 2.05) is 48.5 Å². The van der Waals surface area contributed by atoms with Crippen LogP contribution in [0.15, 0.2) is 60.7 Å². The minimum atomic E-state index is -0.665. The molecule has 0 radical (unpaired) electrons. The van der Waals surface area contributed by atoms with Crippen molar-refractivity contribution in [2.45, 2.75) is 64.1 Å². The van der Waals surface area contributed by atoms with Crippen LogP contribution in [-0.2, 0) is 6.42 Å². The van der Waals surface area contributed by atoms with E-state index < -0.39 is 6.10 Å². The van der Waals surface area contributed by atoms with E-state index in [-0.39, 0.29) is 11.9 Å². The predicted molar refractivity (Wildman–Crippen MR) is 115 cm³/mol. The van der Waals surface area contributed by atoms with Gasteiger partial charge < -0.3 is 15.7 Å². The zero-order chi connectivity index (χ0) is 20.2. The monoisotopic (exact) mass is 382 g/mol. The van der Waals surface area contributed by atoms with Gasteiger partial charge in [-0.3, -0.25) is 4.79 Å². The second kappa shape index (κ2) is 12.3. The number of aliphatic hydroxyl groups is 1. The summed E-state index contributed by atoms with van der Waals surface area (Å²) in [6.07, 6.45) is 4.66. The molecule has 2 aromatic carbocycles. The summed E-state index contributed by atoms with van der Waals surface area (Å²) >= 11 is 0. The van der Waals surface area contributed by atoms with E-state index in [4.69, 9.17) is 0 Å². The maximum atomic E-state index is 12.6. The van der Waals surface area contributed by atoms with E-state index in [1.165, 1.54) is 19.3 Å². The molecule has 0 heterocycles. The fraction of sp³-hybridized carbons (Fsp3) is 0.458. The van der Waals surface area contributed by atoms with E-state index in [0.717, 1.165) is 12.0 Å². The molecule has 0 aromatic heterocycles. The van der Waals surface area contributed by atoms with Gasteiger partial charge in [0.25, 0.3) is 5.91 Å². The molecule has 152 valence electrons. The normalized spacial score (nSPS) is 14.2. The van der Waals surface area contributed by atoms with Crippen LogP contribution in [-0.4, -0.2) is 35.7 Å². The van der Waals surface area contributed by atoms with Crippen LogP contribution in [0.4, 0.5) is 0 Å². The highest BCUT2D eigenvalue weighted by atomic mass is 16.3. The number of carbonyl (C=O) groups excluding carboxylic acids is 1. The van der Waals surface area contributed by atoms with Gasteiger partial charge in [0.15, 0.2) is 0 Å². The van der Waals surface area contributed by atoms with Crippen LogP contribution < -0.4 is 10.6 Å². The molecule has 0 bridgehead atoms. The van der Waals surface area contributed by atoms with Gasteiger partial charge in [0.1, 0.15) is 0 Å². The van der Waals surface area contributed by atoms with Crippen molar-refractivity contribution in [1.82, 2.24) is 10.6 Å². The third kappa shape index (κ3) is 7.83. The summed E-state index contributed by atoms with van der Waals surface area (Å²) in [6, 6.07) is 19.1. The lowest BCUT2D eigenvalue weighted by Crippen LogP contribution is -2.49. The average Bonchev–Trinajstić information content (AvgIpc) is 2.73. The molecule has 0 saturated heterocycles. The maximum Gasteiger partial charge on any atom is 0.251 e. The summed E-state index contributed by atoms with van der Waals surface area (Å²) in [6.45, 7) is 4.81. The van der Waals surface area contributed by atoms with Crippen molar-refractivity contribution in [3.8, 4) is 0 Å². The molecule has 3 atom stereocenters. The van der Waals surface area contributed by atoms with Crippen LogP contribution in [0.5, 0.6) is 0 Å². The van der Waals surface area contributed by atoms with E-state index in [9.17, 15) is 9.90 Å². The van der Waals surface area contributed by atoms with Gasteiger partial charge in [-0.25, -0.2) is 0 Å². The van der Waals surface area contributed by atoms with Crippen molar-refractivity contribution in [2.75, 3.05) is 6.54 Å². The van der Waals surface area contributed by atoms with Crippen molar-refractivity contribution in [2.24, 2.45) is 0 Å². The number of amides is 1. The van der Waals surface area contributed by atoms with Gasteiger partial charge in [-0.15, -0.1) is 0 Å². The molecular weight excluding hydrogens is 348 g/mol. The first-order valence-electron chi connectivity index (χ1n) is 10.4. The quantitative estimate of drug-likeness (QED) is 0.487. The molecule has 4 nitrogen and oxygen atoms in total. The molecule has 28 heavy (non-hydrogen) atoms. The molecule has 4 heteroatoms. The summed E-state index contributed by atoms with van der Waals surface area (Å²) in [5.74, 6) is -0.156. The summed E-state index contributed by atoms with van der Waals surface area (Å²) in [4.78, 5) is 12.6. The molecule has 0 aliphatic heterocycles. The Kier molecular flexibility index (Phi) is 9.73. The lowest BCUT2D eigenvalue weighted by molar-refractivity contribution is 0.0825. The highest BCUT2D eigenvalue weighted by Crippen LogP contribution is 2.09. The van der Waals surface area contributed by atoms with Gasteiger partial charge in [-0.1, -0.05) is 74.7 Å². The van der Waals surface area contributed by atoms with Gasteiger partial charge in [0.05, 0.1) is 12.1 Å². The molecule has 1 unspecified atom stereocenters. The fourth-order valence-corrected chi connectivity index (χ4v) is 3.26. The average molecular weight is 383 g/mol. The van der Waals surface area contributed by atoms with Crippen LogP contribution in [0.2, 0.25) is 0 Å². The Balaban J connectivity index is 1.97. The topological polar surface area (TPSA) is 61.4 Å². The Bertz CT molecular complexity index is 676. The van der Waals surface area contributed by atoms with Crippen LogP contribution in [0.25, 0.3) is 0 Å². The molecule has 0 spiro atoms. The standard InChI is InChI=1S/C24H34N2O2/c1-3-4-7-12-19(2)25-18-23(27)22(17-20-13-8-5-9-14-20)26-24(28)21-15-10-6-11-16-21/h5-6,8-11,13-16,19,22-23,25,27H,3-4,7,12,17-18H2,1-2H3,(H,26,28)/t19?,22-,23+/m0/s1. The Labute approximate surface area is 169 Å². The third-order valence-corrected chi connectivity index (χ3v) is 5.03. The van der Waals surface area contributed by atoms with E-state index in [1.54, 1.807) is 12.1 Å². The zero-order valence-corrected chi connectivity index (χ0v) is 17.1. The number of nitrogens with one attached hydrogen (secondary N) is 2. The van der Waals surface area contributed by atoms with Crippen molar-refractivity contribution < 1.29 is 9.90 Å². The lowest BCUT2D eigenvalue weighted by atomic mass is 10.00. The maximum absolute atomic E-state index is 12.6. The van der Waals surface area contributed by atoms with Gasteiger partial charge in [0.2, 0.25) is 0 Å². The lowest BCUT2D eigenvalue weighted by Gasteiger charge is -2.26. The second-order valence-electron chi connectivity index (χ2n) is 7.51. The molecule has 0 aliphatic rings. The van der Waals surface area contributed by atoms with Crippen LogP contribution in [0, 0.1) is 0 Å². The predicted octanol–water partition coefficient (Wildman–Crippen LogP) is 3.95. The second-order valence-corrected chi connectivity index (χ2v) is 7.51. The van der Waals surface area contributed by atoms with Crippen molar-refractivity contribution in [1.29, 1.82) is 0 Å². The zero-order valence-electron chi connectivity index (χ0n) is 17.1. The highest BCUT2D eigenvalue weighted by molar-refractivity contribution is 5.94. The summed E-state index contributed by atoms with van der Waals surface area (Å²) in [7, 11) is 0. The van der Waals surface area contributed by atoms with Crippen LogP contribution >= 0.6 is 0 Å². The Hall–Kier alpha value is -2.17. The number of hydrogen-bond acceptors (Lipinski definition) is 3. The minimum Gasteiger partial charge on any atom is -0.390 e. The molecular formula is C24H34N2O2. The van der Waals surface area contributed by atoms with Gasteiger partial charge >= 0.3 is 0 Å². The summed E-state index contributed by atoms with van der Waals surface area (Å²) in [5.41, 5.74) is 1.70. The minimum absolute atomic E-state index is 0.156. The first kappa shape index (κ1) is 22.1. The Morgan fingerprint density at radius 3 is 2.29 bits per heavy atom. The van der Waals surface area contributed by atoms with E-state index in [2.05, 4.69) is 24.5 Å². The summed E-state index contributed by atoms with van der Waals surface area (Å²) < 4.78 is 0. The Morgan fingerprint density at radius 1 is 1.00 bits per heavy atom. The van der Waals surface area contributed by atoms with Crippen LogP contribution in [0.3, 0.4) is 0 Å². The van der Waals surface area contributed by atoms with E-state index in [0.29, 0.717) is 24.6 Å². The number of hydrogen-bond donors (Lipinski definition) is 3. The summed E-state index contributed by atoms with van der Waals surface area (Å²) in [5, 5.41) is 17.3. The number of unbranched alkanes of at least 4 members (excludes halogenated alkanes) is 2. The SMILES string of the molecule is CCCCCC(C)NC[C@@H](O)[C@H](Cc1ccccc1)NC(=O)c1ccccc1. The molecule has 0 aliphatic carbocycles. The van der Waals surface area contributed by atoms with Gasteiger partial charge in [-0.05, 0) is 37.5 Å². The van der Waals surface area contributed by atoms with Crippen molar-refractivity contribution in [3.63, 3.8) is 0 Å². The first-order valence-corrected chi connectivity index (χ1v) is 10.4. The molecule has 0 fully saturated rings. The van der Waals surface area contributed by atoms with Crippen molar-refractivity contribution in [3.05, 3.63) is 71.8 Å². The first-order chi connectivity index (χ1) is 13.6. The fourth-order valence-electron chi connectivity index (χ4n) is 3.26. The largest absolute Gasteiger partial charge is 0.390 e. The van der Waals surface area contributed by atoms with Crippen LogP contribution in [0.1, 0.15) is 55.5 Å². The molecule has 2 aromatic rings. The number of aliphatic hydroxyl groups excluding tert-OH is 1. The smallest absolute Gasteiger partial charge is 0.251 e. The number of carbonyl (C=O) groups is 1. The number of rotatable bonds is 12. The Morgan fingerprint density at radius 2 is 1.64 bits per heavy atom. The molecule has 3 N–H and O–H groups in total. The van der Waals surface area contributed by atoms with E-state index >= 15 is 0 Å². The van der Waals surface area contributed by atoms with Crippen molar-refractivity contribution >= 4 is 5.91 Å². The third-order valence-electron chi connectivity index (χ3n) is 5.03. The van der Waals surface area contributed by atoms with Gasteiger partial charge in [-0.2, -0.15) is 0 Å². The molecule has 0 saturated carbocycles. The molecule has 2 rings (SSSR count). The molecule has 1 amide bonds. The van der Waals surface area contributed by atoms with Gasteiger partial charge in [0, 0.05) is 18.2 Å².